The first-order valence-corrected chi connectivity index (χ1v) is 9.20. The highest BCUT2D eigenvalue weighted by atomic mass is 79.9. The molecular weight excluding hydrogens is 471 g/mol. The lowest BCUT2D eigenvalue weighted by atomic mass is 10.0. The van der Waals surface area contributed by atoms with E-state index in [0.717, 1.165) is 15.2 Å². The molecule has 0 bridgehead atoms. The SMILES string of the molecule is O=C(NC(=S)Nc1ccc(Br)cc1F)c1cccc2c(Br)cccc12. The van der Waals surface area contributed by atoms with Crippen molar-refractivity contribution in [3.8, 4) is 0 Å². The summed E-state index contributed by atoms with van der Waals surface area (Å²) in [5, 5.41) is 7.03. The van der Waals surface area contributed by atoms with Crippen LogP contribution in [0.4, 0.5) is 10.1 Å². The highest BCUT2D eigenvalue weighted by molar-refractivity contribution is 9.11. The Morgan fingerprint density at radius 1 is 1.00 bits per heavy atom. The Labute approximate surface area is 165 Å². The molecule has 0 fully saturated rings. The number of carbonyl (C=O) groups excluding carboxylic acids is 1. The number of carbonyl (C=O) groups is 1. The molecule has 0 saturated heterocycles. The number of anilines is 1. The van der Waals surface area contributed by atoms with Gasteiger partial charge in [-0.05, 0) is 53.3 Å². The van der Waals surface area contributed by atoms with E-state index in [1.54, 1.807) is 18.2 Å². The van der Waals surface area contributed by atoms with Crippen molar-refractivity contribution in [3.63, 3.8) is 0 Å². The van der Waals surface area contributed by atoms with Crippen LogP contribution in [-0.4, -0.2) is 11.0 Å². The molecule has 25 heavy (non-hydrogen) atoms. The van der Waals surface area contributed by atoms with Gasteiger partial charge in [0.25, 0.3) is 5.91 Å². The maximum absolute atomic E-state index is 13.9. The van der Waals surface area contributed by atoms with Gasteiger partial charge >= 0.3 is 0 Å². The number of rotatable bonds is 2. The minimum atomic E-state index is -0.472. The van der Waals surface area contributed by atoms with Crippen molar-refractivity contribution < 1.29 is 9.18 Å². The van der Waals surface area contributed by atoms with Crippen LogP contribution in [0, 0.1) is 5.82 Å². The van der Waals surface area contributed by atoms with Gasteiger partial charge in [0.05, 0.1) is 5.69 Å². The largest absolute Gasteiger partial charge is 0.330 e. The molecule has 126 valence electrons. The van der Waals surface area contributed by atoms with Gasteiger partial charge < -0.3 is 5.32 Å². The molecule has 0 unspecified atom stereocenters. The van der Waals surface area contributed by atoms with Crippen LogP contribution in [0.25, 0.3) is 10.8 Å². The monoisotopic (exact) mass is 480 g/mol. The zero-order valence-corrected chi connectivity index (χ0v) is 16.6. The second-order valence-electron chi connectivity index (χ2n) is 5.17. The van der Waals surface area contributed by atoms with E-state index in [9.17, 15) is 9.18 Å². The highest BCUT2D eigenvalue weighted by Gasteiger charge is 2.13. The molecule has 3 nitrogen and oxygen atoms in total. The van der Waals surface area contributed by atoms with Gasteiger partial charge in [-0.3, -0.25) is 10.1 Å². The molecule has 2 N–H and O–H groups in total. The van der Waals surface area contributed by atoms with Crippen molar-refractivity contribution in [1.29, 1.82) is 0 Å². The Hall–Kier alpha value is -1.83. The van der Waals surface area contributed by atoms with E-state index in [1.165, 1.54) is 12.1 Å². The predicted molar refractivity (Wildman–Crippen MR) is 109 cm³/mol. The number of fused-ring (bicyclic) bond motifs is 1. The molecule has 0 aromatic heterocycles. The molecule has 0 aliphatic rings. The summed E-state index contributed by atoms with van der Waals surface area (Å²) in [6, 6.07) is 15.6. The summed E-state index contributed by atoms with van der Waals surface area (Å²) >= 11 is 11.8. The standard InChI is InChI=1S/C18H11Br2FN2OS/c19-10-7-8-16(15(21)9-10)22-18(25)23-17(24)13-5-1-4-12-11(13)3-2-6-14(12)20/h1-9H,(H2,22,23,24,25). The third kappa shape index (κ3) is 4.05. The molecule has 0 aliphatic heterocycles. The Kier molecular flexibility index (Phi) is 5.46. The van der Waals surface area contributed by atoms with Crippen LogP contribution < -0.4 is 10.6 Å². The van der Waals surface area contributed by atoms with Crippen LogP contribution in [0.2, 0.25) is 0 Å². The average Bonchev–Trinajstić information content (AvgIpc) is 2.57. The molecule has 0 spiro atoms. The fourth-order valence-electron chi connectivity index (χ4n) is 2.38. The molecule has 3 aromatic carbocycles. The van der Waals surface area contributed by atoms with Gasteiger partial charge in [0.15, 0.2) is 5.11 Å². The van der Waals surface area contributed by atoms with Crippen LogP contribution in [0.1, 0.15) is 10.4 Å². The van der Waals surface area contributed by atoms with Crippen LogP contribution in [0.5, 0.6) is 0 Å². The van der Waals surface area contributed by atoms with E-state index < -0.39 is 5.82 Å². The average molecular weight is 482 g/mol. The van der Waals surface area contributed by atoms with E-state index in [4.69, 9.17) is 12.2 Å². The Morgan fingerprint density at radius 3 is 2.48 bits per heavy atom. The topological polar surface area (TPSA) is 41.1 Å². The minimum Gasteiger partial charge on any atom is -0.330 e. The Bertz CT molecular complexity index is 994. The van der Waals surface area contributed by atoms with Crippen molar-refractivity contribution in [2.45, 2.75) is 0 Å². The second-order valence-corrected chi connectivity index (χ2v) is 7.35. The normalized spacial score (nSPS) is 10.5. The van der Waals surface area contributed by atoms with E-state index in [0.29, 0.717) is 10.0 Å². The summed E-state index contributed by atoms with van der Waals surface area (Å²) in [4.78, 5) is 12.6. The summed E-state index contributed by atoms with van der Waals surface area (Å²) in [6.45, 7) is 0. The fourth-order valence-corrected chi connectivity index (χ4v) is 3.42. The molecular formula is C18H11Br2FN2OS. The van der Waals surface area contributed by atoms with Crippen molar-refractivity contribution in [2.75, 3.05) is 5.32 Å². The summed E-state index contributed by atoms with van der Waals surface area (Å²) in [5.74, 6) is -0.834. The van der Waals surface area contributed by atoms with E-state index in [2.05, 4.69) is 42.5 Å². The number of thiocarbonyl (C=S) groups is 1. The first-order chi connectivity index (χ1) is 12.0. The number of halogens is 3. The van der Waals surface area contributed by atoms with E-state index in [1.807, 2.05) is 24.3 Å². The first-order valence-electron chi connectivity index (χ1n) is 7.20. The molecule has 7 heteroatoms. The predicted octanol–water partition coefficient (Wildman–Crippen LogP) is 5.63. The molecule has 0 heterocycles. The van der Waals surface area contributed by atoms with Gasteiger partial charge in [0.2, 0.25) is 0 Å². The number of hydrogen-bond donors (Lipinski definition) is 2. The van der Waals surface area contributed by atoms with Crippen LogP contribution in [-0.2, 0) is 0 Å². The van der Waals surface area contributed by atoms with Crippen molar-refractivity contribution in [3.05, 3.63) is 74.9 Å². The maximum Gasteiger partial charge on any atom is 0.258 e. The smallest absolute Gasteiger partial charge is 0.258 e. The van der Waals surface area contributed by atoms with E-state index >= 15 is 0 Å². The highest BCUT2D eigenvalue weighted by Crippen LogP contribution is 2.26. The van der Waals surface area contributed by atoms with Crippen molar-refractivity contribution >= 4 is 71.6 Å². The van der Waals surface area contributed by atoms with E-state index in [-0.39, 0.29) is 16.7 Å². The third-order valence-electron chi connectivity index (χ3n) is 3.52. The van der Waals surface area contributed by atoms with Gasteiger partial charge in [0.1, 0.15) is 5.82 Å². The summed E-state index contributed by atoms with van der Waals surface area (Å²) < 4.78 is 15.4. The van der Waals surface area contributed by atoms with Gasteiger partial charge in [-0.2, -0.15) is 0 Å². The quantitative estimate of drug-likeness (QED) is 0.466. The van der Waals surface area contributed by atoms with Crippen molar-refractivity contribution in [1.82, 2.24) is 5.32 Å². The molecule has 0 aliphatic carbocycles. The third-order valence-corrected chi connectivity index (χ3v) is 4.91. The number of amides is 1. The molecule has 3 aromatic rings. The molecule has 0 atom stereocenters. The lowest BCUT2D eigenvalue weighted by molar-refractivity contribution is 0.0979. The summed E-state index contributed by atoms with van der Waals surface area (Å²) in [7, 11) is 0. The minimum absolute atomic E-state index is 0.0261. The molecule has 3 rings (SSSR count). The van der Waals surface area contributed by atoms with Crippen molar-refractivity contribution in [2.24, 2.45) is 0 Å². The van der Waals surface area contributed by atoms with Gasteiger partial charge in [0, 0.05) is 14.5 Å². The van der Waals surface area contributed by atoms with Crippen LogP contribution in [0.3, 0.4) is 0 Å². The fraction of sp³-hybridized carbons (Fsp3) is 0. The lowest BCUT2D eigenvalue weighted by Gasteiger charge is -2.12. The molecule has 0 radical (unpaired) electrons. The number of nitrogens with one attached hydrogen (secondary N) is 2. The molecule has 1 amide bonds. The molecule has 0 saturated carbocycles. The lowest BCUT2D eigenvalue weighted by Crippen LogP contribution is -2.34. The van der Waals surface area contributed by atoms with Gasteiger partial charge in [-0.1, -0.05) is 56.1 Å². The Balaban J connectivity index is 1.80. The Morgan fingerprint density at radius 2 is 1.72 bits per heavy atom. The first kappa shape index (κ1) is 18.0. The second kappa shape index (κ2) is 7.59. The van der Waals surface area contributed by atoms with Crippen LogP contribution in [0.15, 0.2) is 63.5 Å². The number of benzene rings is 3. The zero-order chi connectivity index (χ0) is 18.0. The van der Waals surface area contributed by atoms with Gasteiger partial charge in [-0.25, -0.2) is 4.39 Å². The number of hydrogen-bond acceptors (Lipinski definition) is 2. The maximum atomic E-state index is 13.9. The summed E-state index contributed by atoms with van der Waals surface area (Å²) in [6.07, 6.45) is 0. The summed E-state index contributed by atoms with van der Waals surface area (Å²) in [5.41, 5.74) is 0.674. The van der Waals surface area contributed by atoms with Gasteiger partial charge in [-0.15, -0.1) is 0 Å². The zero-order valence-electron chi connectivity index (χ0n) is 12.6. The van der Waals surface area contributed by atoms with Crippen LogP contribution >= 0.6 is 44.1 Å².